The molecule has 0 saturated heterocycles. The van der Waals surface area contributed by atoms with E-state index in [1.165, 1.54) is 18.4 Å². The summed E-state index contributed by atoms with van der Waals surface area (Å²) in [7, 11) is 0. The van der Waals surface area contributed by atoms with Crippen LogP contribution in [0.2, 0.25) is 0 Å². The molecule has 24 heavy (non-hydrogen) atoms. The van der Waals surface area contributed by atoms with Gasteiger partial charge in [-0.15, -0.1) is 10.2 Å². The lowest BCUT2D eigenvalue weighted by atomic mass is 10.2. The molecule has 1 aliphatic carbocycles. The van der Waals surface area contributed by atoms with Crippen LogP contribution in [0.4, 0.5) is 0 Å². The molecule has 4 rings (SSSR count). The van der Waals surface area contributed by atoms with E-state index in [9.17, 15) is 0 Å². The maximum absolute atomic E-state index is 5.50. The quantitative estimate of drug-likeness (QED) is 0.591. The van der Waals surface area contributed by atoms with E-state index >= 15 is 0 Å². The minimum atomic E-state index is 0.571. The van der Waals surface area contributed by atoms with Crippen LogP contribution in [-0.4, -0.2) is 20.5 Å². The summed E-state index contributed by atoms with van der Waals surface area (Å²) in [6.45, 7) is 0.705. The van der Waals surface area contributed by atoms with Crippen molar-refractivity contribution >= 4 is 17.8 Å². The summed E-state index contributed by atoms with van der Waals surface area (Å²) >= 11 is 1.72. The second-order valence-electron chi connectivity index (χ2n) is 5.90. The number of thioether (sulfide) groups is 1. The van der Waals surface area contributed by atoms with Crippen molar-refractivity contribution in [3.05, 3.63) is 72.0 Å². The van der Waals surface area contributed by atoms with Gasteiger partial charge < -0.3 is 4.42 Å². The molecule has 0 aliphatic heterocycles. The molecule has 1 aromatic carbocycles. The van der Waals surface area contributed by atoms with Crippen LogP contribution < -0.4 is 0 Å². The average molecular weight is 337 g/mol. The summed E-state index contributed by atoms with van der Waals surface area (Å²) in [4.78, 5) is 0. The molecule has 1 fully saturated rings. The number of nitrogens with zero attached hydrogens (tertiary/aromatic N) is 3. The van der Waals surface area contributed by atoms with Crippen LogP contribution >= 0.6 is 11.8 Å². The molecule has 5 heteroatoms. The first kappa shape index (κ1) is 15.3. The molecule has 0 bridgehead atoms. The number of hydrogen-bond acceptors (Lipinski definition) is 4. The van der Waals surface area contributed by atoms with Crippen molar-refractivity contribution in [2.24, 2.45) is 0 Å². The van der Waals surface area contributed by atoms with Gasteiger partial charge >= 0.3 is 0 Å². The van der Waals surface area contributed by atoms with Crippen LogP contribution in [0.1, 0.15) is 35.9 Å². The molecule has 1 aliphatic rings. The maximum atomic E-state index is 5.50. The summed E-state index contributed by atoms with van der Waals surface area (Å²) in [5.74, 6) is 3.48. The van der Waals surface area contributed by atoms with E-state index < -0.39 is 0 Å². The van der Waals surface area contributed by atoms with Crippen LogP contribution in [0, 0.1) is 0 Å². The van der Waals surface area contributed by atoms with Gasteiger partial charge in [0.25, 0.3) is 0 Å². The smallest absolute Gasteiger partial charge is 0.191 e. The van der Waals surface area contributed by atoms with Gasteiger partial charge in [0.1, 0.15) is 11.6 Å². The van der Waals surface area contributed by atoms with Crippen molar-refractivity contribution in [1.82, 2.24) is 14.8 Å². The fourth-order valence-corrected chi connectivity index (χ4v) is 3.38. The van der Waals surface area contributed by atoms with Gasteiger partial charge in [-0.2, -0.15) is 0 Å². The monoisotopic (exact) mass is 337 g/mol. The van der Waals surface area contributed by atoms with Crippen LogP contribution in [0.15, 0.2) is 64.4 Å². The predicted octanol–water partition coefficient (Wildman–Crippen LogP) is 4.60. The summed E-state index contributed by atoms with van der Waals surface area (Å²) in [6.07, 6.45) is 8.46. The molecular weight excluding hydrogens is 318 g/mol. The molecule has 1 saturated carbocycles. The Balaban J connectivity index is 1.45. The minimum absolute atomic E-state index is 0.571. The van der Waals surface area contributed by atoms with E-state index in [1.807, 2.05) is 18.2 Å². The molecule has 2 heterocycles. The zero-order valence-electron chi connectivity index (χ0n) is 13.3. The molecule has 2 aromatic heterocycles. The fraction of sp³-hybridized carbons (Fsp3) is 0.263. The Labute approximate surface area is 145 Å². The first-order chi connectivity index (χ1) is 11.9. The van der Waals surface area contributed by atoms with E-state index in [1.54, 1.807) is 18.0 Å². The SMILES string of the molecule is C(=Cc1ccccc1)CSc1nnc(C2CC2)n1Cc1ccco1. The highest BCUT2D eigenvalue weighted by Crippen LogP contribution is 2.40. The zero-order chi connectivity index (χ0) is 16.2. The van der Waals surface area contributed by atoms with E-state index in [2.05, 4.69) is 51.2 Å². The van der Waals surface area contributed by atoms with Crippen molar-refractivity contribution in [1.29, 1.82) is 0 Å². The fourth-order valence-electron chi connectivity index (χ4n) is 2.63. The standard InChI is InChI=1S/C19H19N3OS/c1-2-6-15(7-3-1)8-5-13-24-19-21-20-18(16-10-11-16)22(19)14-17-9-4-12-23-17/h1-9,12,16H,10-11,13-14H2. The second-order valence-corrected chi connectivity index (χ2v) is 6.89. The number of furan rings is 1. The van der Waals surface area contributed by atoms with Crippen LogP contribution in [0.25, 0.3) is 6.08 Å². The third kappa shape index (κ3) is 3.62. The Bertz CT molecular complexity index is 805. The summed E-state index contributed by atoms with van der Waals surface area (Å²) in [5.41, 5.74) is 1.22. The van der Waals surface area contributed by atoms with Crippen LogP contribution in [-0.2, 0) is 6.54 Å². The minimum Gasteiger partial charge on any atom is -0.467 e. The molecule has 0 unspecified atom stereocenters. The maximum Gasteiger partial charge on any atom is 0.191 e. The van der Waals surface area contributed by atoms with Crippen molar-refractivity contribution < 1.29 is 4.42 Å². The molecular formula is C19H19N3OS. The van der Waals surface area contributed by atoms with Gasteiger partial charge in [0, 0.05) is 11.7 Å². The highest BCUT2D eigenvalue weighted by Gasteiger charge is 2.30. The largest absolute Gasteiger partial charge is 0.467 e. The second kappa shape index (κ2) is 7.09. The summed E-state index contributed by atoms with van der Waals surface area (Å²) in [6, 6.07) is 14.3. The van der Waals surface area contributed by atoms with Crippen molar-refractivity contribution in [2.45, 2.75) is 30.5 Å². The first-order valence-electron chi connectivity index (χ1n) is 8.20. The van der Waals surface area contributed by atoms with Crippen molar-refractivity contribution in [3.8, 4) is 0 Å². The van der Waals surface area contributed by atoms with Gasteiger partial charge in [-0.3, -0.25) is 4.57 Å². The lowest BCUT2D eigenvalue weighted by molar-refractivity contribution is 0.478. The summed E-state index contributed by atoms with van der Waals surface area (Å²) in [5, 5.41) is 9.79. The Hall–Kier alpha value is -2.27. The Morgan fingerprint density at radius 2 is 2.00 bits per heavy atom. The van der Waals surface area contributed by atoms with Gasteiger partial charge in [0.05, 0.1) is 12.8 Å². The normalized spacial score (nSPS) is 14.5. The van der Waals surface area contributed by atoms with E-state index in [4.69, 9.17) is 4.42 Å². The molecule has 0 radical (unpaired) electrons. The van der Waals surface area contributed by atoms with E-state index in [0.29, 0.717) is 12.5 Å². The van der Waals surface area contributed by atoms with Crippen LogP contribution in [0.5, 0.6) is 0 Å². The lowest BCUT2D eigenvalue weighted by Crippen LogP contribution is -2.05. The van der Waals surface area contributed by atoms with E-state index in [0.717, 1.165) is 22.5 Å². The number of benzene rings is 1. The molecule has 122 valence electrons. The molecule has 4 nitrogen and oxygen atoms in total. The van der Waals surface area contributed by atoms with Crippen molar-refractivity contribution in [2.75, 3.05) is 5.75 Å². The topological polar surface area (TPSA) is 43.9 Å². The number of hydrogen-bond donors (Lipinski definition) is 0. The van der Waals surface area contributed by atoms with Gasteiger partial charge in [-0.25, -0.2) is 0 Å². The summed E-state index contributed by atoms with van der Waals surface area (Å²) < 4.78 is 7.71. The van der Waals surface area contributed by atoms with Crippen LogP contribution in [0.3, 0.4) is 0 Å². The predicted molar refractivity (Wildman–Crippen MR) is 96.0 cm³/mol. The van der Waals surface area contributed by atoms with Crippen molar-refractivity contribution in [3.63, 3.8) is 0 Å². The van der Waals surface area contributed by atoms with Gasteiger partial charge in [0.15, 0.2) is 5.16 Å². The lowest BCUT2D eigenvalue weighted by Gasteiger charge is -2.07. The zero-order valence-corrected chi connectivity index (χ0v) is 14.2. The van der Waals surface area contributed by atoms with Gasteiger partial charge in [-0.1, -0.05) is 54.2 Å². The Morgan fingerprint density at radius 3 is 2.75 bits per heavy atom. The highest BCUT2D eigenvalue weighted by atomic mass is 32.2. The Morgan fingerprint density at radius 1 is 1.12 bits per heavy atom. The number of aromatic nitrogens is 3. The molecule has 0 atom stereocenters. The van der Waals surface area contributed by atoms with Gasteiger partial charge in [-0.05, 0) is 30.5 Å². The third-order valence-electron chi connectivity index (χ3n) is 4.00. The molecule has 0 N–H and O–H groups in total. The highest BCUT2D eigenvalue weighted by molar-refractivity contribution is 7.99. The Kier molecular flexibility index (Phi) is 4.51. The average Bonchev–Trinajstić information content (AvgIpc) is 3.18. The molecule has 0 spiro atoms. The number of rotatable bonds is 7. The third-order valence-corrected chi connectivity index (χ3v) is 4.92. The molecule has 3 aromatic rings. The molecule has 0 amide bonds. The van der Waals surface area contributed by atoms with E-state index in [-0.39, 0.29) is 0 Å². The first-order valence-corrected chi connectivity index (χ1v) is 9.18. The van der Waals surface area contributed by atoms with Gasteiger partial charge in [0.2, 0.25) is 0 Å².